The van der Waals surface area contributed by atoms with Crippen molar-refractivity contribution >= 4 is 21.9 Å². The van der Waals surface area contributed by atoms with Gasteiger partial charge in [-0.2, -0.15) is 0 Å². The first kappa shape index (κ1) is 14.9. The van der Waals surface area contributed by atoms with E-state index in [4.69, 9.17) is 15.5 Å². The highest BCUT2D eigenvalue weighted by Gasteiger charge is 2.13. The van der Waals surface area contributed by atoms with Crippen LogP contribution in [-0.4, -0.2) is 34.8 Å². The number of rotatable bonds is 7. The number of hydrogen-bond acceptors (Lipinski definition) is 4. The van der Waals surface area contributed by atoms with E-state index in [1.54, 1.807) is 7.11 Å². The molecule has 0 bridgehead atoms. The minimum Gasteiger partial charge on any atom is -0.384 e. The molecule has 5 nitrogen and oxygen atoms in total. The van der Waals surface area contributed by atoms with Crippen LogP contribution in [0.5, 0.6) is 0 Å². The molecule has 22 heavy (non-hydrogen) atoms. The molecular formula is C17H22N4O. The largest absolute Gasteiger partial charge is 0.384 e. The van der Waals surface area contributed by atoms with Crippen molar-refractivity contribution in [2.75, 3.05) is 20.3 Å². The van der Waals surface area contributed by atoms with Gasteiger partial charge in [0, 0.05) is 25.5 Å². The molecule has 3 aromatic rings. The minimum absolute atomic E-state index is 0.672. The Balaban J connectivity index is 2.12. The molecule has 0 amide bonds. The van der Waals surface area contributed by atoms with Gasteiger partial charge in [-0.15, -0.1) is 0 Å². The highest BCUT2D eigenvalue weighted by molar-refractivity contribution is 6.02. The van der Waals surface area contributed by atoms with E-state index in [9.17, 15) is 0 Å². The van der Waals surface area contributed by atoms with Crippen LogP contribution in [0.15, 0.2) is 30.5 Å². The number of fused-ring (bicyclic) bond motifs is 3. The second-order valence-electron chi connectivity index (χ2n) is 5.43. The molecule has 2 aromatic heterocycles. The fourth-order valence-electron chi connectivity index (χ4n) is 2.85. The zero-order chi connectivity index (χ0) is 15.4. The number of para-hydroxylation sites is 1. The number of pyridine rings is 1. The van der Waals surface area contributed by atoms with Crippen LogP contribution < -0.4 is 5.73 Å². The quantitative estimate of drug-likeness (QED) is 0.681. The fourth-order valence-corrected chi connectivity index (χ4v) is 2.85. The van der Waals surface area contributed by atoms with Crippen molar-refractivity contribution in [3.8, 4) is 0 Å². The number of benzene rings is 1. The standard InChI is InChI=1S/C17H22N4O/c1-22-11-8-16-20-15-12-19-14-7-3-2-6-13(14)17(15)21(16)10-5-4-9-18/h2-3,6-7,12H,4-5,8-11,18H2,1H3. The van der Waals surface area contributed by atoms with Crippen molar-refractivity contribution < 1.29 is 4.74 Å². The summed E-state index contributed by atoms with van der Waals surface area (Å²) in [5, 5.41) is 1.16. The summed E-state index contributed by atoms with van der Waals surface area (Å²) in [5.74, 6) is 1.06. The Morgan fingerprint density at radius 2 is 2.05 bits per heavy atom. The van der Waals surface area contributed by atoms with Crippen LogP contribution in [0.3, 0.4) is 0 Å². The van der Waals surface area contributed by atoms with Gasteiger partial charge in [0.1, 0.15) is 11.3 Å². The topological polar surface area (TPSA) is 66.0 Å². The molecule has 116 valence electrons. The molecule has 0 atom stereocenters. The molecule has 0 aliphatic carbocycles. The molecule has 0 radical (unpaired) electrons. The molecule has 2 heterocycles. The van der Waals surface area contributed by atoms with E-state index < -0.39 is 0 Å². The van der Waals surface area contributed by atoms with Crippen LogP contribution in [0, 0.1) is 0 Å². The average Bonchev–Trinajstić information content (AvgIpc) is 2.91. The predicted octanol–water partition coefficient (Wildman–Crippen LogP) is 2.51. The molecule has 0 saturated heterocycles. The normalized spacial score (nSPS) is 11.5. The Morgan fingerprint density at radius 3 is 2.86 bits per heavy atom. The number of unbranched alkanes of at least 4 members (excludes halogenated alkanes) is 1. The van der Waals surface area contributed by atoms with E-state index in [1.807, 2.05) is 18.3 Å². The van der Waals surface area contributed by atoms with E-state index in [2.05, 4.69) is 21.7 Å². The smallest absolute Gasteiger partial charge is 0.112 e. The van der Waals surface area contributed by atoms with E-state index in [0.29, 0.717) is 6.61 Å². The third-order valence-corrected chi connectivity index (χ3v) is 3.92. The Morgan fingerprint density at radius 1 is 1.18 bits per heavy atom. The fraction of sp³-hybridized carbons (Fsp3) is 0.412. The summed E-state index contributed by atoms with van der Waals surface area (Å²) in [5.41, 5.74) is 8.77. The van der Waals surface area contributed by atoms with Crippen molar-refractivity contribution in [3.63, 3.8) is 0 Å². The molecule has 0 fully saturated rings. The van der Waals surface area contributed by atoms with Crippen LogP contribution in [0.25, 0.3) is 21.9 Å². The maximum atomic E-state index is 5.63. The number of nitrogens with two attached hydrogens (primary N) is 1. The van der Waals surface area contributed by atoms with Gasteiger partial charge in [-0.3, -0.25) is 4.98 Å². The summed E-state index contributed by atoms with van der Waals surface area (Å²) in [4.78, 5) is 9.28. The van der Waals surface area contributed by atoms with Crippen LogP contribution in [-0.2, 0) is 17.7 Å². The number of imidazole rings is 1. The molecule has 5 heteroatoms. The zero-order valence-electron chi connectivity index (χ0n) is 13.0. The summed E-state index contributed by atoms with van der Waals surface area (Å²) in [7, 11) is 1.72. The third kappa shape index (κ3) is 2.82. The molecule has 2 N–H and O–H groups in total. The molecule has 1 aromatic carbocycles. The molecule has 3 rings (SSSR count). The molecule has 0 aliphatic rings. The third-order valence-electron chi connectivity index (χ3n) is 3.92. The Bertz CT molecular complexity index is 766. The van der Waals surface area contributed by atoms with Crippen LogP contribution in [0.2, 0.25) is 0 Å². The lowest BCUT2D eigenvalue weighted by atomic mass is 10.2. The number of hydrogen-bond donors (Lipinski definition) is 1. The summed E-state index contributed by atoms with van der Waals surface area (Å²) in [6.07, 6.45) is 4.75. The van der Waals surface area contributed by atoms with Gasteiger partial charge in [0.15, 0.2) is 0 Å². The second-order valence-corrected chi connectivity index (χ2v) is 5.43. The average molecular weight is 298 g/mol. The number of aromatic nitrogens is 3. The van der Waals surface area contributed by atoms with Gasteiger partial charge in [-0.05, 0) is 25.5 Å². The first-order valence-electron chi connectivity index (χ1n) is 7.77. The SMILES string of the molecule is COCCc1nc2cnc3ccccc3c2n1CCCCN. The lowest BCUT2D eigenvalue weighted by Gasteiger charge is -2.10. The number of nitrogens with zero attached hydrogens (tertiary/aromatic N) is 3. The molecule has 0 aliphatic heterocycles. The van der Waals surface area contributed by atoms with Crippen molar-refractivity contribution in [1.82, 2.24) is 14.5 Å². The highest BCUT2D eigenvalue weighted by Crippen LogP contribution is 2.25. The molecular weight excluding hydrogens is 276 g/mol. The van der Waals surface area contributed by atoms with Crippen LogP contribution >= 0.6 is 0 Å². The number of aryl methyl sites for hydroxylation is 1. The first-order chi connectivity index (χ1) is 10.8. The summed E-state index contributed by atoms with van der Waals surface area (Å²) < 4.78 is 7.53. The number of ether oxygens (including phenoxy) is 1. The van der Waals surface area contributed by atoms with Gasteiger partial charge >= 0.3 is 0 Å². The van der Waals surface area contributed by atoms with E-state index in [0.717, 1.165) is 54.6 Å². The van der Waals surface area contributed by atoms with Gasteiger partial charge < -0.3 is 15.0 Å². The summed E-state index contributed by atoms with van der Waals surface area (Å²) in [6.45, 7) is 2.33. The minimum atomic E-state index is 0.672. The maximum absolute atomic E-state index is 5.63. The van der Waals surface area contributed by atoms with Crippen molar-refractivity contribution in [3.05, 3.63) is 36.3 Å². The lowest BCUT2D eigenvalue weighted by molar-refractivity contribution is 0.199. The predicted molar refractivity (Wildman–Crippen MR) is 88.9 cm³/mol. The zero-order valence-corrected chi connectivity index (χ0v) is 13.0. The monoisotopic (exact) mass is 298 g/mol. The van der Waals surface area contributed by atoms with Gasteiger partial charge in [-0.1, -0.05) is 18.2 Å². The second kappa shape index (κ2) is 6.85. The molecule has 0 unspecified atom stereocenters. The van der Waals surface area contributed by atoms with E-state index in [-0.39, 0.29) is 0 Å². The molecule has 0 spiro atoms. The highest BCUT2D eigenvalue weighted by atomic mass is 16.5. The van der Waals surface area contributed by atoms with Crippen molar-refractivity contribution in [2.24, 2.45) is 5.73 Å². The summed E-state index contributed by atoms with van der Waals surface area (Å²) in [6, 6.07) is 8.23. The van der Waals surface area contributed by atoms with Crippen molar-refractivity contribution in [1.29, 1.82) is 0 Å². The Labute approximate surface area is 130 Å². The van der Waals surface area contributed by atoms with Crippen molar-refractivity contribution in [2.45, 2.75) is 25.8 Å². The van der Waals surface area contributed by atoms with E-state index in [1.165, 1.54) is 5.52 Å². The lowest BCUT2D eigenvalue weighted by Crippen LogP contribution is -2.09. The first-order valence-corrected chi connectivity index (χ1v) is 7.77. The van der Waals surface area contributed by atoms with E-state index >= 15 is 0 Å². The van der Waals surface area contributed by atoms with Crippen LogP contribution in [0.1, 0.15) is 18.7 Å². The maximum Gasteiger partial charge on any atom is 0.112 e. The Hall–Kier alpha value is -1.98. The van der Waals surface area contributed by atoms with Gasteiger partial charge in [-0.25, -0.2) is 4.98 Å². The van der Waals surface area contributed by atoms with Gasteiger partial charge in [0.05, 0.1) is 23.8 Å². The van der Waals surface area contributed by atoms with Crippen LogP contribution in [0.4, 0.5) is 0 Å². The Kier molecular flexibility index (Phi) is 4.65. The molecule has 0 saturated carbocycles. The summed E-state index contributed by atoms with van der Waals surface area (Å²) >= 11 is 0. The van der Waals surface area contributed by atoms with Gasteiger partial charge in [0.2, 0.25) is 0 Å². The number of methoxy groups -OCH3 is 1. The van der Waals surface area contributed by atoms with Gasteiger partial charge in [0.25, 0.3) is 0 Å².